The van der Waals surface area contributed by atoms with Crippen LogP contribution >= 0.6 is 12.2 Å². The molecule has 3 aromatic rings. The first-order valence-corrected chi connectivity index (χ1v) is 9.76. The molecule has 2 atom stereocenters. The number of pyridine rings is 2. The smallest absolute Gasteiger partial charge is 0.170 e. The normalized spacial score (nSPS) is 19.2. The van der Waals surface area contributed by atoms with E-state index in [1.165, 1.54) is 0 Å². The van der Waals surface area contributed by atoms with Crippen LogP contribution in [0.4, 0.5) is 0 Å². The molecular formula is C21H24N6S. The second kappa shape index (κ2) is 8.08. The van der Waals surface area contributed by atoms with Crippen LogP contribution in [0, 0.1) is 0 Å². The first-order chi connectivity index (χ1) is 13.6. The summed E-state index contributed by atoms with van der Waals surface area (Å²) < 4.78 is 2.19. The molecule has 0 spiro atoms. The Labute approximate surface area is 170 Å². The molecule has 4 rings (SSSR count). The summed E-state index contributed by atoms with van der Waals surface area (Å²) >= 11 is 5.73. The van der Waals surface area contributed by atoms with Gasteiger partial charge in [-0.3, -0.25) is 9.97 Å². The highest BCUT2D eigenvalue weighted by molar-refractivity contribution is 7.80. The van der Waals surface area contributed by atoms with Crippen LogP contribution in [0.2, 0.25) is 0 Å². The van der Waals surface area contributed by atoms with E-state index < -0.39 is 0 Å². The van der Waals surface area contributed by atoms with Crippen LogP contribution in [0.15, 0.2) is 67.3 Å². The van der Waals surface area contributed by atoms with E-state index >= 15 is 0 Å². The van der Waals surface area contributed by atoms with E-state index in [1.807, 2.05) is 30.6 Å². The molecule has 4 heterocycles. The highest BCUT2D eigenvalue weighted by atomic mass is 32.1. The van der Waals surface area contributed by atoms with Crippen molar-refractivity contribution in [1.29, 1.82) is 0 Å². The minimum atomic E-state index is -0.0128. The van der Waals surface area contributed by atoms with Crippen molar-refractivity contribution in [3.05, 3.63) is 78.6 Å². The van der Waals surface area contributed by atoms with Gasteiger partial charge in [0.15, 0.2) is 5.11 Å². The van der Waals surface area contributed by atoms with E-state index in [9.17, 15) is 0 Å². The van der Waals surface area contributed by atoms with Crippen molar-refractivity contribution in [3.63, 3.8) is 0 Å². The minimum absolute atomic E-state index is 0.0128. The number of nitrogens with one attached hydrogen (secondary N) is 1. The fraction of sp³-hybridized carbons (Fsp3) is 0.286. The Hall–Kier alpha value is -2.77. The van der Waals surface area contributed by atoms with Crippen molar-refractivity contribution in [2.24, 2.45) is 0 Å². The summed E-state index contributed by atoms with van der Waals surface area (Å²) in [6, 6.07) is 14.3. The largest absolute Gasteiger partial charge is 0.352 e. The van der Waals surface area contributed by atoms with Crippen molar-refractivity contribution in [2.45, 2.75) is 12.1 Å². The fourth-order valence-corrected chi connectivity index (χ4v) is 3.97. The van der Waals surface area contributed by atoms with E-state index in [2.05, 4.69) is 74.2 Å². The molecule has 28 heavy (non-hydrogen) atoms. The molecule has 1 saturated heterocycles. The van der Waals surface area contributed by atoms with Crippen LogP contribution in [-0.4, -0.2) is 56.6 Å². The average molecular weight is 393 g/mol. The summed E-state index contributed by atoms with van der Waals surface area (Å²) in [7, 11) is 4.16. The van der Waals surface area contributed by atoms with Crippen molar-refractivity contribution in [2.75, 3.05) is 27.2 Å². The van der Waals surface area contributed by atoms with Crippen LogP contribution in [0.25, 0.3) is 5.69 Å². The van der Waals surface area contributed by atoms with Crippen molar-refractivity contribution in [1.82, 2.24) is 29.7 Å². The zero-order valence-electron chi connectivity index (χ0n) is 16.1. The molecule has 0 unspecified atom stereocenters. The van der Waals surface area contributed by atoms with Gasteiger partial charge in [0, 0.05) is 37.4 Å². The Morgan fingerprint density at radius 3 is 2.71 bits per heavy atom. The summed E-state index contributed by atoms with van der Waals surface area (Å²) in [5.41, 5.74) is 3.18. The fourth-order valence-electron chi connectivity index (χ4n) is 3.64. The van der Waals surface area contributed by atoms with Gasteiger partial charge in [0.2, 0.25) is 0 Å². The lowest BCUT2D eigenvalue weighted by molar-refractivity contribution is 0.272. The molecule has 0 radical (unpaired) electrons. The lowest BCUT2D eigenvalue weighted by Crippen LogP contribution is -2.36. The standard InChI is InChI=1S/C21H24N6S/c1-25(2)13-14-27-20(19(24-21(27)28)17-8-3-4-11-23-17)18-9-6-12-26(18)16-7-5-10-22-15-16/h3-12,15,19-20H,13-14H2,1-2H3,(H,24,28)/t19-,20+/m1/s1. The van der Waals surface area contributed by atoms with Crippen LogP contribution in [0.3, 0.4) is 0 Å². The van der Waals surface area contributed by atoms with Gasteiger partial charge in [-0.25, -0.2) is 0 Å². The van der Waals surface area contributed by atoms with Crippen LogP contribution in [0.5, 0.6) is 0 Å². The molecule has 0 aliphatic carbocycles. The molecule has 3 aromatic heterocycles. The number of thiocarbonyl (C=S) groups is 1. The predicted molar refractivity (Wildman–Crippen MR) is 114 cm³/mol. The monoisotopic (exact) mass is 392 g/mol. The number of rotatable bonds is 6. The Morgan fingerprint density at radius 2 is 2.00 bits per heavy atom. The Morgan fingerprint density at radius 1 is 1.11 bits per heavy atom. The third-order valence-electron chi connectivity index (χ3n) is 4.99. The van der Waals surface area contributed by atoms with Crippen molar-refractivity contribution in [3.8, 4) is 5.69 Å². The zero-order valence-corrected chi connectivity index (χ0v) is 16.9. The van der Waals surface area contributed by atoms with Gasteiger partial charge in [0.05, 0.1) is 29.7 Å². The molecule has 6 nitrogen and oxygen atoms in total. The van der Waals surface area contributed by atoms with Gasteiger partial charge in [-0.2, -0.15) is 0 Å². The van der Waals surface area contributed by atoms with Gasteiger partial charge in [0.1, 0.15) is 0 Å². The van der Waals surface area contributed by atoms with E-state index in [1.54, 1.807) is 6.20 Å². The predicted octanol–water partition coefficient (Wildman–Crippen LogP) is 2.80. The maximum atomic E-state index is 5.73. The molecule has 1 aliphatic heterocycles. The second-order valence-electron chi connectivity index (χ2n) is 7.14. The molecular weight excluding hydrogens is 368 g/mol. The van der Waals surface area contributed by atoms with Gasteiger partial charge in [-0.1, -0.05) is 6.07 Å². The number of hydrogen-bond acceptors (Lipinski definition) is 4. The lowest BCUT2D eigenvalue weighted by Gasteiger charge is -2.29. The lowest BCUT2D eigenvalue weighted by atomic mass is 10.0. The molecule has 144 valence electrons. The minimum Gasteiger partial charge on any atom is -0.352 e. The van der Waals surface area contributed by atoms with E-state index in [4.69, 9.17) is 12.2 Å². The van der Waals surface area contributed by atoms with Crippen LogP contribution in [-0.2, 0) is 0 Å². The topological polar surface area (TPSA) is 49.2 Å². The zero-order chi connectivity index (χ0) is 19.5. The molecule has 0 saturated carbocycles. The molecule has 0 amide bonds. The molecule has 1 aliphatic rings. The van der Waals surface area contributed by atoms with Crippen molar-refractivity contribution < 1.29 is 0 Å². The molecule has 1 fully saturated rings. The first kappa shape index (κ1) is 18.6. The van der Waals surface area contributed by atoms with Gasteiger partial charge in [0.25, 0.3) is 0 Å². The van der Waals surface area contributed by atoms with Gasteiger partial charge < -0.3 is 19.7 Å². The first-order valence-electron chi connectivity index (χ1n) is 9.35. The summed E-state index contributed by atoms with van der Waals surface area (Å²) in [5, 5.41) is 4.27. The third-order valence-corrected chi connectivity index (χ3v) is 5.35. The Balaban J connectivity index is 1.77. The van der Waals surface area contributed by atoms with E-state index in [0.717, 1.165) is 35.3 Å². The Kier molecular flexibility index (Phi) is 5.36. The third kappa shape index (κ3) is 3.63. The van der Waals surface area contributed by atoms with Crippen LogP contribution < -0.4 is 5.32 Å². The van der Waals surface area contributed by atoms with Gasteiger partial charge in [-0.15, -0.1) is 0 Å². The summed E-state index contributed by atoms with van der Waals surface area (Å²) in [5.74, 6) is 0. The molecule has 0 aromatic carbocycles. The Bertz CT molecular complexity index is 924. The van der Waals surface area contributed by atoms with E-state index in [-0.39, 0.29) is 12.1 Å². The molecule has 1 N–H and O–H groups in total. The van der Waals surface area contributed by atoms with Gasteiger partial charge >= 0.3 is 0 Å². The molecule has 7 heteroatoms. The van der Waals surface area contributed by atoms with Crippen LogP contribution in [0.1, 0.15) is 23.5 Å². The van der Waals surface area contributed by atoms with E-state index in [0.29, 0.717) is 0 Å². The summed E-state index contributed by atoms with van der Waals surface area (Å²) in [6.45, 7) is 1.76. The van der Waals surface area contributed by atoms with Gasteiger partial charge in [-0.05, 0) is 62.7 Å². The van der Waals surface area contributed by atoms with Crippen molar-refractivity contribution >= 4 is 17.3 Å². The maximum Gasteiger partial charge on any atom is 0.170 e. The second-order valence-corrected chi connectivity index (χ2v) is 7.52. The number of aromatic nitrogens is 3. The number of hydrogen-bond donors (Lipinski definition) is 1. The maximum absolute atomic E-state index is 5.73. The highest BCUT2D eigenvalue weighted by Gasteiger charge is 2.41. The molecule has 0 bridgehead atoms. The number of nitrogens with zero attached hydrogens (tertiary/aromatic N) is 5. The average Bonchev–Trinajstić information content (AvgIpc) is 3.32. The highest BCUT2D eigenvalue weighted by Crippen LogP contribution is 2.39. The SMILES string of the molecule is CN(C)CCN1C(=S)N[C@H](c2ccccn2)[C@@H]1c1cccn1-c1cccnc1. The summed E-state index contributed by atoms with van der Waals surface area (Å²) in [4.78, 5) is 13.3. The quantitative estimate of drug-likeness (QED) is 0.651. The summed E-state index contributed by atoms with van der Waals surface area (Å²) in [6.07, 6.45) is 7.58. The number of likely N-dealkylation sites (N-methyl/N-ethyl adjacent to an activating group) is 1.